The summed E-state index contributed by atoms with van der Waals surface area (Å²) in [5, 5.41) is 19.4. The van der Waals surface area contributed by atoms with E-state index in [1.165, 1.54) is 0 Å². The van der Waals surface area contributed by atoms with Crippen LogP contribution in [-0.2, 0) is 9.98 Å². The highest BCUT2D eigenvalue weighted by molar-refractivity contribution is 7.52. The minimum Gasteiger partial charge on any atom is -0.508 e. The Labute approximate surface area is 160 Å². The summed E-state index contributed by atoms with van der Waals surface area (Å²) < 4.78 is 11.8. The van der Waals surface area contributed by atoms with Gasteiger partial charge in [-0.15, -0.1) is 0 Å². The van der Waals surface area contributed by atoms with Crippen LogP contribution in [-0.4, -0.2) is 25.7 Å². The molecule has 148 valence electrons. The Morgan fingerprint density at radius 3 is 1.59 bits per heavy atom. The van der Waals surface area contributed by atoms with Gasteiger partial charge in [0, 0.05) is 5.41 Å². The molecule has 0 aliphatic heterocycles. The monoisotopic (exact) mass is 392 g/mol. The van der Waals surface area contributed by atoms with E-state index in [9.17, 15) is 24.6 Å². The molecule has 2 aromatic carbocycles. The minimum absolute atomic E-state index is 0.0285. The average molecular weight is 392 g/mol. The zero-order valence-corrected chi connectivity index (χ0v) is 16.9. The van der Waals surface area contributed by atoms with Crippen molar-refractivity contribution in [2.75, 3.05) is 0 Å². The Balaban J connectivity index is 2.64. The van der Waals surface area contributed by atoms with Crippen molar-refractivity contribution in [3.05, 3.63) is 59.7 Å². The van der Waals surface area contributed by atoms with Crippen molar-refractivity contribution in [2.45, 2.75) is 51.1 Å². The lowest BCUT2D eigenvalue weighted by atomic mass is 9.62. The lowest BCUT2D eigenvalue weighted by molar-refractivity contribution is 0.267. The van der Waals surface area contributed by atoms with Gasteiger partial charge in [0.15, 0.2) is 0 Å². The first-order valence-corrected chi connectivity index (χ1v) is 11.0. The van der Waals surface area contributed by atoms with E-state index in [2.05, 4.69) is 6.92 Å². The highest BCUT2D eigenvalue weighted by Crippen LogP contribution is 2.51. The molecule has 0 bridgehead atoms. The van der Waals surface area contributed by atoms with Crippen LogP contribution in [0.25, 0.3) is 0 Å². The van der Waals surface area contributed by atoms with E-state index in [4.69, 9.17) is 0 Å². The second-order valence-electron chi connectivity index (χ2n) is 7.20. The molecule has 2 atom stereocenters. The van der Waals surface area contributed by atoms with Crippen molar-refractivity contribution < 1.29 is 24.6 Å². The standard InChI is InChI=1S/C21H29O5P/c1-4-16(14-15(3)27(24,25)26)21(5-2,17-6-10-19(22)11-7-17)18-8-12-20(23)13-9-18/h6-13,15-16,22-23H,4-5,14H2,1-3H3,(H2,24,25,26). The van der Waals surface area contributed by atoms with E-state index in [1.54, 1.807) is 31.2 Å². The number of phenols is 2. The van der Waals surface area contributed by atoms with Gasteiger partial charge in [0.05, 0.1) is 5.66 Å². The maximum atomic E-state index is 11.8. The van der Waals surface area contributed by atoms with Gasteiger partial charge in [-0.25, -0.2) is 0 Å². The average Bonchev–Trinajstić information content (AvgIpc) is 2.63. The molecule has 0 fully saturated rings. The molecule has 2 aromatic rings. The molecule has 0 aliphatic rings. The topological polar surface area (TPSA) is 98.0 Å². The predicted octanol–water partition coefficient (Wildman–Crippen LogP) is 4.78. The minimum atomic E-state index is -4.18. The quantitative estimate of drug-likeness (QED) is 0.485. The zero-order valence-electron chi connectivity index (χ0n) is 16.0. The van der Waals surface area contributed by atoms with E-state index < -0.39 is 18.7 Å². The maximum absolute atomic E-state index is 11.8. The van der Waals surface area contributed by atoms with E-state index in [1.807, 2.05) is 31.2 Å². The van der Waals surface area contributed by atoms with Crippen LogP contribution in [0.3, 0.4) is 0 Å². The predicted molar refractivity (Wildman–Crippen MR) is 107 cm³/mol. The van der Waals surface area contributed by atoms with Gasteiger partial charge in [0.25, 0.3) is 0 Å². The van der Waals surface area contributed by atoms with Gasteiger partial charge in [-0.1, -0.05) is 51.5 Å². The second kappa shape index (κ2) is 8.47. The fraction of sp³-hybridized carbons (Fsp3) is 0.429. The molecule has 4 N–H and O–H groups in total. The van der Waals surface area contributed by atoms with Crippen LogP contribution in [0, 0.1) is 5.92 Å². The third-order valence-electron chi connectivity index (χ3n) is 5.71. The fourth-order valence-corrected chi connectivity index (χ4v) is 4.65. The summed E-state index contributed by atoms with van der Waals surface area (Å²) in [6.07, 6.45) is 1.82. The largest absolute Gasteiger partial charge is 0.508 e. The molecule has 5 nitrogen and oxygen atoms in total. The molecule has 0 aromatic heterocycles. The second-order valence-corrected chi connectivity index (χ2v) is 9.26. The van der Waals surface area contributed by atoms with Crippen LogP contribution in [0.5, 0.6) is 11.5 Å². The number of aromatic hydroxyl groups is 2. The van der Waals surface area contributed by atoms with E-state index in [-0.39, 0.29) is 17.4 Å². The molecule has 0 heterocycles. The van der Waals surface area contributed by atoms with Crippen molar-refractivity contribution >= 4 is 7.60 Å². The normalized spacial score (nSPS) is 14.7. The van der Waals surface area contributed by atoms with Crippen LogP contribution in [0.4, 0.5) is 0 Å². The first kappa shape index (κ1) is 21.5. The number of benzene rings is 2. The summed E-state index contributed by atoms with van der Waals surface area (Å²) >= 11 is 0. The van der Waals surface area contributed by atoms with Crippen molar-refractivity contribution in [1.82, 2.24) is 0 Å². The summed E-state index contributed by atoms with van der Waals surface area (Å²) in [6, 6.07) is 14.0. The van der Waals surface area contributed by atoms with Crippen LogP contribution in [0.1, 0.15) is 51.2 Å². The first-order valence-electron chi connectivity index (χ1n) is 9.29. The first-order chi connectivity index (χ1) is 12.6. The van der Waals surface area contributed by atoms with Gasteiger partial charge in [-0.05, 0) is 54.2 Å². The number of phenolic OH excluding ortho intramolecular Hbond substituents is 2. The SMILES string of the molecule is CCC(CC(C)P(=O)(O)O)C(CC)(c1ccc(O)cc1)c1ccc(O)cc1. The summed E-state index contributed by atoms with van der Waals surface area (Å²) in [5.41, 5.74) is 0.735. The molecule has 0 saturated heterocycles. The van der Waals surface area contributed by atoms with E-state index in [0.29, 0.717) is 6.42 Å². The van der Waals surface area contributed by atoms with Gasteiger partial charge in [-0.2, -0.15) is 0 Å². The van der Waals surface area contributed by atoms with Gasteiger partial charge in [-0.3, -0.25) is 4.57 Å². The number of rotatable bonds is 8. The Kier molecular flexibility index (Phi) is 6.74. The Morgan fingerprint density at radius 1 is 0.889 bits per heavy atom. The Hall–Kier alpha value is -1.81. The lowest BCUT2D eigenvalue weighted by Gasteiger charge is -2.42. The summed E-state index contributed by atoms with van der Waals surface area (Å²) in [4.78, 5) is 19.3. The van der Waals surface area contributed by atoms with Gasteiger partial charge >= 0.3 is 7.60 Å². The molecule has 0 radical (unpaired) electrons. The fourth-order valence-electron chi connectivity index (χ4n) is 4.12. The molecular weight excluding hydrogens is 363 g/mol. The highest BCUT2D eigenvalue weighted by Gasteiger charge is 2.42. The smallest absolute Gasteiger partial charge is 0.328 e. The molecular formula is C21H29O5P. The van der Waals surface area contributed by atoms with E-state index in [0.717, 1.165) is 24.0 Å². The van der Waals surface area contributed by atoms with Crippen LogP contribution >= 0.6 is 7.60 Å². The van der Waals surface area contributed by atoms with Gasteiger partial charge in [0.2, 0.25) is 0 Å². The molecule has 0 saturated carbocycles. The van der Waals surface area contributed by atoms with Gasteiger partial charge < -0.3 is 20.0 Å². The Bertz CT molecular complexity index is 734. The Morgan fingerprint density at radius 2 is 1.30 bits per heavy atom. The maximum Gasteiger partial charge on any atom is 0.328 e. The lowest BCUT2D eigenvalue weighted by Crippen LogP contribution is -2.37. The molecule has 27 heavy (non-hydrogen) atoms. The molecule has 0 spiro atoms. The third kappa shape index (κ3) is 4.55. The molecule has 2 rings (SSSR count). The van der Waals surface area contributed by atoms with Crippen molar-refractivity contribution in [3.63, 3.8) is 0 Å². The van der Waals surface area contributed by atoms with Crippen molar-refractivity contribution in [3.8, 4) is 11.5 Å². The summed E-state index contributed by atoms with van der Waals surface area (Å²) in [6.45, 7) is 5.68. The van der Waals surface area contributed by atoms with Crippen LogP contribution in [0.2, 0.25) is 0 Å². The van der Waals surface area contributed by atoms with Crippen LogP contribution in [0.15, 0.2) is 48.5 Å². The zero-order chi connectivity index (χ0) is 20.2. The molecule has 2 unspecified atom stereocenters. The number of hydrogen-bond donors (Lipinski definition) is 4. The summed E-state index contributed by atoms with van der Waals surface area (Å²) in [7, 11) is -4.18. The van der Waals surface area contributed by atoms with Gasteiger partial charge in [0.1, 0.15) is 11.5 Å². The van der Waals surface area contributed by atoms with E-state index >= 15 is 0 Å². The third-order valence-corrected chi connectivity index (χ3v) is 7.07. The van der Waals surface area contributed by atoms with Crippen molar-refractivity contribution in [2.24, 2.45) is 5.92 Å². The highest BCUT2D eigenvalue weighted by atomic mass is 31.2. The molecule has 0 aliphatic carbocycles. The molecule has 0 amide bonds. The van der Waals surface area contributed by atoms with Crippen molar-refractivity contribution in [1.29, 1.82) is 0 Å². The number of hydrogen-bond acceptors (Lipinski definition) is 3. The molecule has 6 heteroatoms. The van der Waals surface area contributed by atoms with Crippen LogP contribution < -0.4 is 0 Å². The summed E-state index contributed by atoms with van der Waals surface area (Å²) in [5.74, 6) is 0.316.